The Morgan fingerprint density at radius 3 is 2.89 bits per heavy atom. The summed E-state index contributed by atoms with van der Waals surface area (Å²) in [6.45, 7) is 6.88. The molecule has 0 saturated carbocycles. The Balaban J connectivity index is 2.11. The Morgan fingerprint density at radius 1 is 1.47 bits per heavy atom. The second-order valence-electron chi connectivity index (χ2n) is 3.88. The van der Waals surface area contributed by atoms with Gasteiger partial charge in [-0.2, -0.15) is 0 Å². The molecule has 2 N–H and O–H groups in total. The predicted molar refractivity (Wildman–Crippen MR) is 73.8 cm³/mol. The van der Waals surface area contributed by atoms with Crippen molar-refractivity contribution < 1.29 is 9.53 Å². The number of aromatic nitrogens is 2. The summed E-state index contributed by atoms with van der Waals surface area (Å²) < 4.78 is 5.33. The number of rotatable bonds is 9. The average Bonchev–Trinajstić information content (AvgIpc) is 2.44. The van der Waals surface area contributed by atoms with Gasteiger partial charge in [0.05, 0.1) is 6.61 Å². The summed E-state index contributed by atoms with van der Waals surface area (Å²) in [5.41, 5.74) is 0. The molecule has 0 aromatic carbocycles. The van der Waals surface area contributed by atoms with E-state index in [4.69, 9.17) is 4.74 Å². The zero-order valence-electron chi connectivity index (χ0n) is 11.1. The van der Waals surface area contributed by atoms with E-state index in [-0.39, 0.29) is 5.91 Å². The highest BCUT2D eigenvalue weighted by molar-refractivity contribution is 5.80. The van der Waals surface area contributed by atoms with E-state index in [9.17, 15) is 4.79 Å². The highest BCUT2D eigenvalue weighted by Gasteiger charge is 2.11. The molecule has 1 aromatic rings. The minimum absolute atomic E-state index is 0.125. The van der Waals surface area contributed by atoms with Gasteiger partial charge >= 0.3 is 0 Å². The molecule has 1 aromatic heterocycles. The molecule has 0 aliphatic rings. The van der Waals surface area contributed by atoms with Crippen molar-refractivity contribution in [2.24, 2.45) is 0 Å². The van der Waals surface area contributed by atoms with Crippen LogP contribution >= 0.6 is 0 Å². The van der Waals surface area contributed by atoms with Crippen LogP contribution < -0.4 is 10.6 Å². The molecule has 0 aliphatic carbocycles. The third kappa shape index (κ3) is 6.52. The summed E-state index contributed by atoms with van der Waals surface area (Å²) >= 11 is 0. The second-order valence-corrected chi connectivity index (χ2v) is 3.88. The van der Waals surface area contributed by atoms with Crippen LogP contribution in [-0.2, 0) is 9.53 Å². The Morgan fingerprint density at radius 2 is 2.21 bits per heavy atom. The molecule has 0 saturated heterocycles. The normalized spacial score (nSPS) is 11.6. The summed E-state index contributed by atoms with van der Waals surface area (Å²) in [7, 11) is 0. The molecule has 1 amide bonds. The van der Waals surface area contributed by atoms with Gasteiger partial charge in [0.2, 0.25) is 11.9 Å². The van der Waals surface area contributed by atoms with E-state index in [0.29, 0.717) is 25.6 Å². The van der Waals surface area contributed by atoms with Gasteiger partial charge < -0.3 is 15.4 Å². The standard InChI is InChI=1S/C13H20N4O2/c1-3-4-10-19-11(2)12(18)14-8-9-17-13-15-6-5-7-16-13/h3,5-7,11H,1,4,8-10H2,2H3,(H,14,18)(H,15,16,17). The van der Waals surface area contributed by atoms with E-state index in [0.717, 1.165) is 6.42 Å². The highest BCUT2D eigenvalue weighted by atomic mass is 16.5. The molecule has 6 nitrogen and oxygen atoms in total. The van der Waals surface area contributed by atoms with Crippen molar-refractivity contribution in [3.8, 4) is 0 Å². The summed E-state index contributed by atoms with van der Waals surface area (Å²) in [4.78, 5) is 19.7. The van der Waals surface area contributed by atoms with Crippen LogP contribution in [0.15, 0.2) is 31.1 Å². The van der Waals surface area contributed by atoms with E-state index in [2.05, 4.69) is 27.2 Å². The number of carbonyl (C=O) groups excluding carboxylic acids is 1. The fourth-order valence-corrected chi connectivity index (χ4v) is 1.30. The number of nitrogens with one attached hydrogen (secondary N) is 2. The SMILES string of the molecule is C=CCCOC(C)C(=O)NCCNc1ncccn1. The molecular weight excluding hydrogens is 244 g/mol. The first-order valence-electron chi connectivity index (χ1n) is 6.25. The Kier molecular flexibility index (Phi) is 7.19. The molecule has 1 unspecified atom stereocenters. The third-order valence-electron chi connectivity index (χ3n) is 2.33. The van der Waals surface area contributed by atoms with E-state index >= 15 is 0 Å². The van der Waals surface area contributed by atoms with Crippen molar-refractivity contribution in [2.75, 3.05) is 25.0 Å². The lowest BCUT2D eigenvalue weighted by molar-refractivity contribution is -0.131. The van der Waals surface area contributed by atoms with Crippen LogP contribution in [0.4, 0.5) is 5.95 Å². The monoisotopic (exact) mass is 264 g/mol. The van der Waals surface area contributed by atoms with Crippen LogP contribution in [0.3, 0.4) is 0 Å². The average molecular weight is 264 g/mol. The quantitative estimate of drug-likeness (QED) is 0.514. The molecule has 0 aliphatic heterocycles. The molecule has 1 atom stereocenters. The number of anilines is 1. The molecule has 0 radical (unpaired) electrons. The van der Waals surface area contributed by atoms with Crippen LogP contribution in [0.5, 0.6) is 0 Å². The highest BCUT2D eigenvalue weighted by Crippen LogP contribution is 1.94. The smallest absolute Gasteiger partial charge is 0.248 e. The summed E-state index contributed by atoms with van der Waals surface area (Å²) in [6.07, 6.45) is 5.36. The van der Waals surface area contributed by atoms with Crippen molar-refractivity contribution in [1.82, 2.24) is 15.3 Å². The maximum atomic E-state index is 11.6. The Hall–Kier alpha value is -1.95. The van der Waals surface area contributed by atoms with Crippen LogP contribution in [0.2, 0.25) is 0 Å². The molecular formula is C13H20N4O2. The summed E-state index contributed by atoms with van der Waals surface area (Å²) in [5, 5.41) is 5.77. The number of nitrogens with zero attached hydrogens (tertiary/aromatic N) is 2. The van der Waals surface area contributed by atoms with Gasteiger partial charge in [0.15, 0.2) is 0 Å². The Bertz CT molecular complexity index is 383. The Labute approximate surface area is 113 Å². The molecule has 104 valence electrons. The third-order valence-corrected chi connectivity index (χ3v) is 2.33. The number of hydrogen-bond donors (Lipinski definition) is 2. The van der Waals surface area contributed by atoms with Gasteiger partial charge in [-0.25, -0.2) is 9.97 Å². The molecule has 1 heterocycles. The minimum Gasteiger partial charge on any atom is -0.368 e. The van der Waals surface area contributed by atoms with Gasteiger partial charge in [-0.3, -0.25) is 4.79 Å². The fraction of sp³-hybridized carbons (Fsp3) is 0.462. The van der Waals surface area contributed by atoms with Crippen molar-refractivity contribution in [2.45, 2.75) is 19.4 Å². The first-order valence-corrected chi connectivity index (χ1v) is 6.25. The number of ether oxygens (including phenoxy) is 1. The maximum Gasteiger partial charge on any atom is 0.248 e. The van der Waals surface area contributed by atoms with Crippen molar-refractivity contribution in [1.29, 1.82) is 0 Å². The van der Waals surface area contributed by atoms with Crippen LogP contribution in [0.1, 0.15) is 13.3 Å². The van der Waals surface area contributed by atoms with E-state index in [1.807, 2.05) is 0 Å². The van der Waals surface area contributed by atoms with Gasteiger partial charge in [-0.05, 0) is 19.4 Å². The molecule has 0 fully saturated rings. The van der Waals surface area contributed by atoms with E-state index < -0.39 is 6.10 Å². The van der Waals surface area contributed by atoms with Crippen molar-refractivity contribution in [3.63, 3.8) is 0 Å². The number of amides is 1. The number of hydrogen-bond acceptors (Lipinski definition) is 5. The molecule has 6 heteroatoms. The van der Waals surface area contributed by atoms with Crippen molar-refractivity contribution >= 4 is 11.9 Å². The van der Waals surface area contributed by atoms with Crippen LogP contribution in [-0.4, -0.2) is 41.7 Å². The van der Waals surface area contributed by atoms with Gasteiger partial charge in [-0.15, -0.1) is 6.58 Å². The maximum absolute atomic E-state index is 11.6. The molecule has 0 bridgehead atoms. The van der Waals surface area contributed by atoms with E-state index in [1.54, 1.807) is 31.5 Å². The fourth-order valence-electron chi connectivity index (χ4n) is 1.30. The molecule has 1 rings (SSSR count). The summed E-state index contributed by atoms with van der Waals surface area (Å²) in [6, 6.07) is 1.75. The first kappa shape index (κ1) is 15.1. The van der Waals surface area contributed by atoms with Gasteiger partial charge in [0, 0.05) is 25.5 Å². The lowest BCUT2D eigenvalue weighted by Gasteiger charge is -2.13. The zero-order valence-corrected chi connectivity index (χ0v) is 11.1. The molecule has 19 heavy (non-hydrogen) atoms. The topological polar surface area (TPSA) is 76.1 Å². The van der Waals surface area contributed by atoms with E-state index in [1.165, 1.54) is 0 Å². The van der Waals surface area contributed by atoms with Crippen LogP contribution in [0, 0.1) is 0 Å². The van der Waals surface area contributed by atoms with Gasteiger partial charge in [0.1, 0.15) is 6.10 Å². The lowest BCUT2D eigenvalue weighted by Crippen LogP contribution is -2.37. The summed E-state index contributed by atoms with van der Waals surface area (Å²) in [5.74, 6) is 0.423. The van der Waals surface area contributed by atoms with Gasteiger partial charge in [-0.1, -0.05) is 6.08 Å². The van der Waals surface area contributed by atoms with Crippen LogP contribution in [0.25, 0.3) is 0 Å². The molecule has 0 spiro atoms. The predicted octanol–water partition coefficient (Wildman–Crippen LogP) is 0.986. The first-order chi connectivity index (χ1) is 9.24. The largest absolute Gasteiger partial charge is 0.368 e. The zero-order chi connectivity index (χ0) is 13.9. The second kappa shape index (κ2) is 9.04. The van der Waals surface area contributed by atoms with Crippen molar-refractivity contribution in [3.05, 3.63) is 31.1 Å². The minimum atomic E-state index is -0.451. The van der Waals surface area contributed by atoms with Gasteiger partial charge in [0.25, 0.3) is 0 Å². The lowest BCUT2D eigenvalue weighted by atomic mass is 10.3. The number of carbonyl (C=O) groups is 1.